The molecule has 1 aliphatic rings. The summed E-state index contributed by atoms with van der Waals surface area (Å²) in [5, 5.41) is 20.0. The van der Waals surface area contributed by atoms with E-state index < -0.39 is 0 Å². The average Bonchev–Trinajstić information content (AvgIpc) is 3.03. The Morgan fingerprint density at radius 2 is 1.70 bits per heavy atom. The van der Waals surface area contributed by atoms with E-state index in [1.165, 1.54) is 6.20 Å². The largest absolute Gasteiger partial charge is 0.492 e. The van der Waals surface area contributed by atoms with E-state index in [1.807, 2.05) is 43.3 Å². The maximum atomic E-state index is 9.90. The van der Waals surface area contributed by atoms with Crippen LogP contribution in [0.15, 0.2) is 67.0 Å². The van der Waals surface area contributed by atoms with Gasteiger partial charge in [-0.1, -0.05) is 53.5 Å². The third kappa shape index (κ3) is 8.11. The van der Waals surface area contributed by atoms with Crippen LogP contribution in [0.4, 0.5) is 0 Å². The van der Waals surface area contributed by atoms with Crippen molar-refractivity contribution in [2.45, 2.75) is 39.2 Å². The van der Waals surface area contributed by atoms with E-state index in [4.69, 9.17) is 42.7 Å². The van der Waals surface area contributed by atoms with Gasteiger partial charge < -0.3 is 24.2 Å². The second-order valence-electron chi connectivity index (χ2n) is 11.6. The molecule has 2 heterocycles. The fourth-order valence-electron chi connectivity index (χ4n) is 5.37. The van der Waals surface area contributed by atoms with Crippen LogP contribution in [-0.2, 0) is 19.8 Å². The van der Waals surface area contributed by atoms with Crippen molar-refractivity contribution in [3.05, 3.63) is 105 Å². The molecule has 0 amide bonds. The summed E-state index contributed by atoms with van der Waals surface area (Å²) in [5.41, 5.74) is 5.57. The van der Waals surface area contributed by atoms with Crippen molar-refractivity contribution in [3.8, 4) is 34.4 Å². The summed E-state index contributed by atoms with van der Waals surface area (Å²) < 4.78 is 18.3. The molecule has 0 aliphatic carbocycles. The Hall–Kier alpha value is -3.84. The number of aliphatic hydroxyl groups excluding tert-OH is 1. The van der Waals surface area contributed by atoms with Gasteiger partial charge in [-0.25, -0.2) is 0 Å². The molecule has 1 aliphatic heterocycles. The predicted molar refractivity (Wildman–Crippen MR) is 181 cm³/mol. The van der Waals surface area contributed by atoms with Crippen LogP contribution in [-0.4, -0.2) is 66.3 Å². The second kappa shape index (κ2) is 15.6. The summed E-state index contributed by atoms with van der Waals surface area (Å²) >= 11 is 13.4. The highest BCUT2D eigenvalue weighted by atomic mass is 35.5. The molecular formula is C36H38Cl2N4O4. The zero-order valence-electron chi connectivity index (χ0n) is 26.3. The highest BCUT2D eigenvalue weighted by Gasteiger charge is 2.27. The van der Waals surface area contributed by atoms with E-state index in [0.29, 0.717) is 51.1 Å². The average molecular weight is 662 g/mol. The third-order valence-electron chi connectivity index (χ3n) is 8.23. The molecule has 240 valence electrons. The molecule has 0 atom stereocenters. The first-order valence-electron chi connectivity index (χ1n) is 15.2. The van der Waals surface area contributed by atoms with E-state index >= 15 is 0 Å². The number of hydrogen-bond donors (Lipinski definition) is 1. The molecule has 0 saturated carbocycles. The Morgan fingerprint density at radius 1 is 0.935 bits per heavy atom. The second-order valence-corrected chi connectivity index (χ2v) is 12.4. The number of likely N-dealkylation sites (tertiary alicyclic amines) is 1. The van der Waals surface area contributed by atoms with Gasteiger partial charge in [-0.15, -0.1) is 0 Å². The van der Waals surface area contributed by atoms with Gasteiger partial charge in [0.15, 0.2) is 0 Å². The molecule has 10 heteroatoms. The van der Waals surface area contributed by atoms with Crippen LogP contribution in [0.1, 0.15) is 34.2 Å². The summed E-state index contributed by atoms with van der Waals surface area (Å²) in [6.07, 6.45) is 4.06. The molecule has 1 aromatic heterocycles. The van der Waals surface area contributed by atoms with Crippen LogP contribution >= 0.6 is 23.2 Å². The number of likely N-dealkylation sites (N-methyl/N-ethyl adjacent to an activating group) is 1. The fourth-order valence-corrected chi connectivity index (χ4v) is 5.90. The quantitative estimate of drug-likeness (QED) is 0.146. The van der Waals surface area contributed by atoms with Gasteiger partial charge in [0.2, 0.25) is 0 Å². The van der Waals surface area contributed by atoms with Crippen LogP contribution in [0.5, 0.6) is 17.2 Å². The lowest BCUT2D eigenvalue weighted by Crippen LogP contribution is -2.57. The van der Waals surface area contributed by atoms with Crippen LogP contribution < -0.4 is 14.2 Å². The lowest BCUT2D eigenvalue weighted by atomic mass is 9.96. The van der Waals surface area contributed by atoms with E-state index in [0.717, 1.165) is 53.9 Å². The van der Waals surface area contributed by atoms with Crippen molar-refractivity contribution in [2.75, 3.05) is 40.3 Å². The minimum absolute atomic E-state index is 0.164. The zero-order chi connectivity index (χ0) is 32.6. The fraction of sp³-hybridized carbons (Fsp3) is 0.333. The number of ether oxygens (including phenoxy) is 3. The smallest absolute Gasteiger partial charge is 0.142 e. The van der Waals surface area contributed by atoms with E-state index in [1.54, 1.807) is 24.4 Å². The van der Waals surface area contributed by atoms with Crippen molar-refractivity contribution in [1.82, 2.24) is 14.8 Å². The number of halogens is 2. The summed E-state index contributed by atoms with van der Waals surface area (Å²) in [4.78, 5) is 8.79. The maximum Gasteiger partial charge on any atom is 0.142 e. The number of nitriles is 1. The van der Waals surface area contributed by atoms with E-state index in [2.05, 4.69) is 34.9 Å². The SMILES string of the molecule is Cc1c(COc2cc(OCc3cncc(C#N)c3)c(CO)cc2Cl)cccc1-c1cccc(OCCCN2CC(N(C)C)C2)c1Cl. The minimum Gasteiger partial charge on any atom is -0.492 e. The highest BCUT2D eigenvalue weighted by Crippen LogP contribution is 2.38. The zero-order valence-corrected chi connectivity index (χ0v) is 27.8. The molecule has 5 rings (SSSR count). The third-order valence-corrected chi connectivity index (χ3v) is 8.92. The van der Waals surface area contributed by atoms with Crippen LogP contribution in [0.25, 0.3) is 11.1 Å². The van der Waals surface area contributed by atoms with Gasteiger partial charge in [0.25, 0.3) is 0 Å². The van der Waals surface area contributed by atoms with Gasteiger partial charge in [0, 0.05) is 60.8 Å². The lowest BCUT2D eigenvalue weighted by molar-refractivity contribution is 0.0595. The standard InChI is InChI=1S/C36H38Cl2N4O4/c1-24-27(23-46-35-15-34(28(21-43)14-32(35)37)45-22-26-13-25(16-39)17-40-18-26)7-4-8-30(24)31-9-5-10-33(36(31)38)44-12-6-11-42-19-29(20-42)41(2)3/h4-5,7-10,13-15,17-18,29,43H,6,11-12,19-23H2,1-3H3. The molecule has 0 bridgehead atoms. The van der Waals surface area contributed by atoms with Crippen LogP contribution in [0, 0.1) is 18.3 Å². The summed E-state index contributed by atoms with van der Waals surface area (Å²) in [6, 6.07) is 19.6. The summed E-state index contributed by atoms with van der Waals surface area (Å²) in [5.74, 6) is 1.53. The molecule has 46 heavy (non-hydrogen) atoms. The molecule has 1 saturated heterocycles. The maximum absolute atomic E-state index is 9.90. The van der Waals surface area contributed by atoms with Crippen molar-refractivity contribution in [1.29, 1.82) is 5.26 Å². The monoisotopic (exact) mass is 660 g/mol. The number of hydrogen-bond acceptors (Lipinski definition) is 8. The van der Waals surface area contributed by atoms with Gasteiger partial charge >= 0.3 is 0 Å². The molecule has 8 nitrogen and oxygen atoms in total. The Morgan fingerprint density at radius 3 is 2.46 bits per heavy atom. The Kier molecular flexibility index (Phi) is 11.4. The molecule has 0 unspecified atom stereocenters. The Bertz CT molecular complexity index is 1700. The van der Waals surface area contributed by atoms with Crippen molar-refractivity contribution >= 4 is 23.2 Å². The molecule has 3 aromatic carbocycles. The number of aliphatic hydroxyl groups is 1. The van der Waals surface area contributed by atoms with Gasteiger partial charge in [0.05, 0.1) is 28.8 Å². The number of nitrogens with zero attached hydrogens (tertiary/aromatic N) is 4. The molecule has 4 aromatic rings. The van der Waals surface area contributed by atoms with E-state index in [-0.39, 0.29) is 19.8 Å². The van der Waals surface area contributed by atoms with Gasteiger partial charge in [-0.2, -0.15) is 5.26 Å². The lowest BCUT2D eigenvalue weighted by Gasteiger charge is -2.42. The first-order valence-corrected chi connectivity index (χ1v) is 15.9. The van der Waals surface area contributed by atoms with Crippen molar-refractivity contribution < 1.29 is 19.3 Å². The Balaban J connectivity index is 1.24. The summed E-state index contributed by atoms with van der Waals surface area (Å²) in [7, 11) is 4.26. The highest BCUT2D eigenvalue weighted by molar-refractivity contribution is 6.35. The number of benzene rings is 3. The predicted octanol–water partition coefficient (Wildman–Crippen LogP) is 6.90. The topological polar surface area (TPSA) is 91.1 Å². The first-order chi connectivity index (χ1) is 22.3. The first kappa shape index (κ1) is 33.5. The number of rotatable bonds is 14. The molecule has 1 fully saturated rings. The van der Waals surface area contributed by atoms with Crippen LogP contribution in [0.2, 0.25) is 10.0 Å². The minimum atomic E-state index is -0.258. The van der Waals surface area contributed by atoms with Crippen LogP contribution in [0.3, 0.4) is 0 Å². The number of pyridine rings is 1. The van der Waals surface area contributed by atoms with Crippen molar-refractivity contribution in [2.24, 2.45) is 0 Å². The summed E-state index contributed by atoms with van der Waals surface area (Å²) in [6.45, 7) is 6.03. The van der Waals surface area contributed by atoms with Crippen molar-refractivity contribution in [3.63, 3.8) is 0 Å². The Labute approximate surface area is 280 Å². The molecular weight excluding hydrogens is 623 g/mol. The normalized spacial score (nSPS) is 13.3. The van der Waals surface area contributed by atoms with Gasteiger partial charge in [-0.3, -0.25) is 9.88 Å². The van der Waals surface area contributed by atoms with Gasteiger partial charge in [-0.05, 0) is 62.3 Å². The number of aromatic nitrogens is 1. The molecule has 1 N–H and O–H groups in total. The van der Waals surface area contributed by atoms with Gasteiger partial charge in [0.1, 0.15) is 36.5 Å². The van der Waals surface area contributed by atoms with E-state index in [9.17, 15) is 5.11 Å². The molecule has 0 radical (unpaired) electrons. The molecule has 0 spiro atoms.